The molecule has 15 heavy (non-hydrogen) atoms. The Kier molecular flexibility index (Phi) is 2.15. The van der Waals surface area contributed by atoms with Crippen molar-refractivity contribution >= 4 is 5.69 Å². The Morgan fingerprint density at radius 2 is 1.93 bits per heavy atom. The lowest BCUT2D eigenvalue weighted by Crippen LogP contribution is -2.24. The number of hydrogen-bond donors (Lipinski definition) is 1. The molecule has 1 aromatic heterocycles. The van der Waals surface area contributed by atoms with Crippen molar-refractivity contribution in [3.8, 4) is 0 Å². The molecular formula is C13H18N2. The van der Waals surface area contributed by atoms with E-state index in [1.165, 1.54) is 31.4 Å². The highest BCUT2D eigenvalue weighted by Crippen LogP contribution is 2.45. The van der Waals surface area contributed by atoms with E-state index in [1.54, 1.807) is 0 Å². The minimum Gasteiger partial charge on any atom is -0.380 e. The molecule has 80 valence electrons. The van der Waals surface area contributed by atoms with Gasteiger partial charge in [0.05, 0.1) is 11.4 Å². The van der Waals surface area contributed by atoms with Crippen molar-refractivity contribution in [3.05, 3.63) is 24.0 Å². The van der Waals surface area contributed by atoms with Crippen LogP contribution in [0.3, 0.4) is 0 Å². The van der Waals surface area contributed by atoms with Crippen LogP contribution >= 0.6 is 0 Å². The molecule has 2 nitrogen and oxygen atoms in total. The maximum Gasteiger partial charge on any atom is 0.0603 e. The number of nitrogens with zero attached hydrogens (tertiary/aromatic N) is 1. The van der Waals surface area contributed by atoms with Gasteiger partial charge in [0.15, 0.2) is 0 Å². The largest absolute Gasteiger partial charge is 0.380 e. The average Bonchev–Trinajstić information content (AvgIpc) is 3.10. The van der Waals surface area contributed by atoms with Gasteiger partial charge in [-0.15, -0.1) is 0 Å². The number of hydrogen-bond acceptors (Lipinski definition) is 2. The third-order valence-corrected chi connectivity index (χ3v) is 3.59. The molecule has 1 heterocycles. The van der Waals surface area contributed by atoms with E-state index in [4.69, 9.17) is 0 Å². The topological polar surface area (TPSA) is 24.9 Å². The smallest absolute Gasteiger partial charge is 0.0603 e. The summed E-state index contributed by atoms with van der Waals surface area (Å²) in [5.74, 6) is 1.88. The molecule has 0 aromatic carbocycles. The molecule has 1 aromatic rings. The predicted octanol–water partition coefficient (Wildman–Crippen LogP) is 2.99. The Morgan fingerprint density at radius 1 is 1.27 bits per heavy atom. The van der Waals surface area contributed by atoms with Gasteiger partial charge in [-0.25, -0.2) is 0 Å². The zero-order valence-electron chi connectivity index (χ0n) is 9.24. The normalized spacial score (nSPS) is 20.7. The molecule has 0 saturated heterocycles. The van der Waals surface area contributed by atoms with Crippen LogP contribution in [-0.2, 0) is 0 Å². The van der Waals surface area contributed by atoms with Crippen molar-refractivity contribution in [2.45, 2.75) is 38.6 Å². The summed E-state index contributed by atoms with van der Waals surface area (Å²) >= 11 is 0. The van der Waals surface area contributed by atoms with Gasteiger partial charge in [0, 0.05) is 12.2 Å². The monoisotopic (exact) mass is 202 g/mol. The van der Waals surface area contributed by atoms with Crippen LogP contribution in [0.25, 0.3) is 0 Å². The molecule has 3 rings (SSSR count). The van der Waals surface area contributed by atoms with Crippen LogP contribution in [-0.4, -0.2) is 11.0 Å². The fourth-order valence-corrected chi connectivity index (χ4v) is 2.35. The number of anilines is 1. The van der Waals surface area contributed by atoms with E-state index in [2.05, 4.69) is 23.3 Å². The number of aromatic nitrogens is 1. The van der Waals surface area contributed by atoms with Crippen molar-refractivity contribution in [1.82, 2.24) is 4.98 Å². The van der Waals surface area contributed by atoms with Gasteiger partial charge >= 0.3 is 0 Å². The molecule has 0 radical (unpaired) electrons. The molecule has 0 aliphatic heterocycles. The summed E-state index contributed by atoms with van der Waals surface area (Å²) in [5, 5.41) is 3.71. The molecular weight excluding hydrogens is 184 g/mol. The molecule has 0 unspecified atom stereocenters. The molecule has 1 N–H and O–H groups in total. The maximum absolute atomic E-state index is 4.33. The van der Waals surface area contributed by atoms with Gasteiger partial charge in [-0.2, -0.15) is 0 Å². The number of pyridine rings is 1. The van der Waals surface area contributed by atoms with Crippen LogP contribution in [0.15, 0.2) is 18.3 Å². The lowest BCUT2D eigenvalue weighted by molar-refractivity contribution is 0.567. The van der Waals surface area contributed by atoms with Gasteiger partial charge in [0.1, 0.15) is 0 Å². The van der Waals surface area contributed by atoms with Crippen LogP contribution in [0.4, 0.5) is 5.69 Å². The molecule has 2 fully saturated rings. The molecule has 2 aliphatic carbocycles. The molecule has 2 saturated carbocycles. The number of nitrogens with one attached hydrogen (secondary N) is 1. The van der Waals surface area contributed by atoms with Crippen molar-refractivity contribution in [1.29, 1.82) is 0 Å². The highest BCUT2D eigenvalue weighted by Gasteiger charge is 2.41. The first-order valence-electron chi connectivity index (χ1n) is 6.03. The van der Waals surface area contributed by atoms with E-state index in [0.29, 0.717) is 0 Å². The van der Waals surface area contributed by atoms with E-state index < -0.39 is 0 Å². The first-order chi connectivity index (χ1) is 7.34. The first-order valence-corrected chi connectivity index (χ1v) is 6.03. The second kappa shape index (κ2) is 3.51. The van der Waals surface area contributed by atoms with E-state index in [-0.39, 0.29) is 0 Å². The summed E-state index contributed by atoms with van der Waals surface area (Å²) in [5.41, 5.74) is 2.37. The molecule has 2 aliphatic rings. The van der Waals surface area contributed by atoms with Gasteiger partial charge in [-0.1, -0.05) is 0 Å². The Bertz CT molecular complexity index is 341. The van der Waals surface area contributed by atoms with E-state index in [1.807, 2.05) is 12.3 Å². The van der Waals surface area contributed by atoms with Crippen LogP contribution in [0.1, 0.15) is 31.4 Å². The second-order valence-corrected chi connectivity index (χ2v) is 4.98. The summed E-state index contributed by atoms with van der Waals surface area (Å²) in [4.78, 5) is 4.33. The van der Waals surface area contributed by atoms with Gasteiger partial charge in [0.2, 0.25) is 0 Å². The lowest BCUT2D eigenvalue weighted by Gasteiger charge is -2.19. The highest BCUT2D eigenvalue weighted by atomic mass is 15.0. The Hall–Kier alpha value is -1.05. The third-order valence-electron chi connectivity index (χ3n) is 3.59. The average molecular weight is 202 g/mol. The van der Waals surface area contributed by atoms with Crippen molar-refractivity contribution in [3.63, 3.8) is 0 Å². The van der Waals surface area contributed by atoms with Crippen LogP contribution in [0, 0.1) is 18.8 Å². The minimum atomic E-state index is 0.730. The van der Waals surface area contributed by atoms with Crippen LogP contribution in [0.2, 0.25) is 0 Å². The maximum atomic E-state index is 4.33. The second-order valence-electron chi connectivity index (χ2n) is 4.98. The van der Waals surface area contributed by atoms with Crippen molar-refractivity contribution in [2.24, 2.45) is 11.8 Å². The van der Waals surface area contributed by atoms with Crippen molar-refractivity contribution in [2.75, 3.05) is 5.32 Å². The standard InChI is InChI=1S/C13H18N2/c1-9-12(3-2-8-14-9)15-13(10-4-5-10)11-6-7-11/h2-3,8,10-11,13,15H,4-7H2,1H3. The zero-order valence-corrected chi connectivity index (χ0v) is 9.24. The Balaban J connectivity index is 1.74. The molecule has 2 heteroatoms. The quantitative estimate of drug-likeness (QED) is 0.812. The Morgan fingerprint density at radius 3 is 2.47 bits per heavy atom. The fourth-order valence-electron chi connectivity index (χ4n) is 2.35. The predicted molar refractivity (Wildman–Crippen MR) is 61.8 cm³/mol. The van der Waals surface area contributed by atoms with Gasteiger partial charge < -0.3 is 5.32 Å². The first kappa shape index (κ1) is 9.20. The fraction of sp³-hybridized carbons (Fsp3) is 0.615. The highest BCUT2D eigenvalue weighted by molar-refractivity contribution is 5.48. The SMILES string of the molecule is Cc1ncccc1NC(C1CC1)C1CC1. The molecule has 0 amide bonds. The Labute approximate surface area is 91.1 Å². The van der Waals surface area contributed by atoms with E-state index >= 15 is 0 Å². The van der Waals surface area contributed by atoms with Crippen LogP contribution < -0.4 is 5.32 Å². The summed E-state index contributed by atoms with van der Waals surface area (Å²) in [7, 11) is 0. The van der Waals surface area contributed by atoms with Gasteiger partial charge in [0.25, 0.3) is 0 Å². The number of aryl methyl sites for hydroxylation is 1. The summed E-state index contributed by atoms with van der Waals surface area (Å²) in [6, 6.07) is 4.90. The van der Waals surface area contributed by atoms with Gasteiger partial charge in [-0.3, -0.25) is 4.98 Å². The summed E-state index contributed by atoms with van der Waals surface area (Å²) < 4.78 is 0. The van der Waals surface area contributed by atoms with Crippen molar-refractivity contribution < 1.29 is 0 Å². The lowest BCUT2D eigenvalue weighted by atomic mass is 10.1. The van der Waals surface area contributed by atoms with E-state index in [9.17, 15) is 0 Å². The minimum absolute atomic E-state index is 0.730. The van der Waals surface area contributed by atoms with Gasteiger partial charge in [-0.05, 0) is 56.6 Å². The molecule has 0 spiro atoms. The number of rotatable bonds is 4. The molecule has 0 bridgehead atoms. The molecule has 0 atom stereocenters. The third kappa shape index (κ3) is 1.99. The van der Waals surface area contributed by atoms with E-state index in [0.717, 1.165) is 23.6 Å². The zero-order chi connectivity index (χ0) is 10.3. The summed E-state index contributed by atoms with van der Waals surface area (Å²) in [6.07, 6.45) is 7.56. The summed E-state index contributed by atoms with van der Waals surface area (Å²) in [6.45, 7) is 2.08. The van der Waals surface area contributed by atoms with Crippen LogP contribution in [0.5, 0.6) is 0 Å².